The highest BCUT2D eigenvalue weighted by atomic mass is 32.1. The second-order valence-electron chi connectivity index (χ2n) is 20.3. The fraction of sp³-hybridized carbons (Fsp3) is 0.214. The summed E-state index contributed by atoms with van der Waals surface area (Å²) >= 11 is 1.96. The maximum absolute atomic E-state index is 2.60. The van der Waals surface area contributed by atoms with Crippen molar-refractivity contribution in [1.82, 2.24) is 4.57 Å². The molecule has 0 spiro atoms. The number of nitrogens with zero attached hydrogens (tertiary/aromatic N) is 3. The molecule has 0 fully saturated rings. The van der Waals surface area contributed by atoms with Gasteiger partial charge in [-0.3, -0.25) is 0 Å². The normalized spacial score (nSPS) is 13.9. The molecular formula is C56H52BN3S. The van der Waals surface area contributed by atoms with E-state index in [0.717, 1.165) is 5.69 Å². The molecule has 0 atom stereocenters. The van der Waals surface area contributed by atoms with E-state index in [-0.39, 0.29) is 23.0 Å². The van der Waals surface area contributed by atoms with Gasteiger partial charge < -0.3 is 14.4 Å². The Bertz CT molecular complexity index is 3150. The van der Waals surface area contributed by atoms with E-state index in [2.05, 4.69) is 228 Å². The molecule has 5 heteroatoms. The zero-order valence-corrected chi connectivity index (χ0v) is 37.6. The number of fused-ring (bicyclic) bond motifs is 9. The van der Waals surface area contributed by atoms with Crippen LogP contribution in [-0.4, -0.2) is 11.3 Å². The lowest BCUT2D eigenvalue weighted by Gasteiger charge is -2.44. The lowest BCUT2D eigenvalue weighted by molar-refractivity contribution is 0.590. The molecule has 0 radical (unpaired) electrons. The molecule has 4 heterocycles. The third-order valence-electron chi connectivity index (χ3n) is 13.2. The van der Waals surface area contributed by atoms with Crippen LogP contribution < -0.4 is 25.5 Å². The first kappa shape index (κ1) is 37.9. The first-order chi connectivity index (χ1) is 29.2. The van der Waals surface area contributed by atoms with Crippen LogP contribution >= 0.6 is 11.3 Å². The molecular weight excluding hydrogens is 758 g/mol. The van der Waals surface area contributed by atoms with Crippen LogP contribution in [0.4, 0.5) is 34.1 Å². The Kier molecular flexibility index (Phi) is 8.23. The SMILES string of the molecule is CC(C)(C)c1ccc(N2c3ccc(C(C)(C)C)cc3B3c4sc5ccccc5c4N(c4ccc(C(C)(C)C)cc4)c4cc(-n5c6ccccc6c6ccccc65)cc2c43)cc1. The first-order valence-electron chi connectivity index (χ1n) is 21.8. The average Bonchev–Trinajstić information content (AvgIpc) is 3.79. The van der Waals surface area contributed by atoms with Crippen LogP contribution in [0.5, 0.6) is 0 Å². The lowest BCUT2D eigenvalue weighted by atomic mass is 9.36. The van der Waals surface area contributed by atoms with Crippen molar-refractivity contribution in [2.24, 2.45) is 0 Å². The number of hydrogen-bond donors (Lipinski definition) is 0. The second-order valence-corrected chi connectivity index (χ2v) is 21.4. The molecule has 11 rings (SSSR count). The quantitative estimate of drug-likeness (QED) is 0.165. The van der Waals surface area contributed by atoms with Crippen LogP contribution in [0.2, 0.25) is 0 Å². The van der Waals surface area contributed by atoms with E-state index in [1.54, 1.807) is 0 Å². The van der Waals surface area contributed by atoms with Crippen LogP contribution in [0.15, 0.2) is 152 Å². The zero-order chi connectivity index (χ0) is 42.2. The van der Waals surface area contributed by atoms with Gasteiger partial charge in [-0.05, 0) is 105 Å². The van der Waals surface area contributed by atoms with Crippen molar-refractivity contribution < 1.29 is 0 Å². The molecule has 0 saturated carbocycles. The van der Waals surface area contributed by atoms with E-state index < -0.39 is 0 Å². The van der Waals surface area contributed by atoms with Crippen LogP contribution in [-0.2, 0) is 16.2 Å². The summed E-state index contributed by atoms with van der Waals surface area (Å²) in [4.78, 5) is 5.17. The number of benzene rings is 7. The number of aromatic nitrogens is 1. The highest BCUT2D eigenvalue weighted by molar-refractivity contribution is 7.33. The van der Waals surface area contributed by atoms with Crippen molar-refractivity contribution in [2.75, 3.05) is 9.80 Å². The molecule has 2 aliphatic rings. The third-order valence-corrected chi connectivity index (χ3v) is 14.5. The molecule has 300 valence electrons. The third kappa shape index (κ3) is 5.84. The van der Waals surface area contributed by atoms with Gasteiger partial charge in [0, 0.05) is 54.1 Å². The fourth-order valence-electron chi connectivity index (χ4n) is 9.98. The molecule has 9 aromatic rings. The van der Waals surface area contributed by atoms with Crippen LogP contribution in [0.1, 0.15) is 79.0 Å². The summed E-state index contributed by atoms with van der Waals surface area (Å²) in [7, 11) is 0. The molecule has 2 aliphatic heterocycles. The molecule has 0 unspecified atom stereocenters. The van der Waals surface area contributed by atoms with Gasteiger partial charge in [0.2, 0.25) is 0 Å². The Morgan fingerprint density at radius 2 is 0.902 bits per heavy atom. The summed E-state index contributed by atoms with van der Waals surface area (Å²) in [6.45, 7) is 20.9. The van der Waals surface area contributed by atoms with E-state index >= 15 is 0 Å². The Morgan fingerprint density at radius 3 is 1.46 bits per heavy atom. The minimum atomic E-state index is -0.0176. The average molecular weight is 810 g/mol. The minimum Gasteiger partial charge on any atom is -0.311 e. The predicted molar refractivity (Wildman–Crippen MR) is 266 cm³/mol. The summed E-state index contributed by atoms with van der Waals surface area (Å²) in [5, 5.41) is 3.82. The highest BCUT2D eigenvalue weighted by Crippen LogP contribution is 2.50. The molecule has 7 aromatic carbocycles. The van der Waals surface area contributed by atoms with E-state index in [0.29, 0.717) is 0 Å². The van der Waals surface area contributed by atoms with Crippen molar-refractivity contribution in [2.45, 2.75) is 78.6 Å². The smallest absolute Gasteiger partial charge is 0.264 e. The number of para-hydroxylation sites is 2. The summed E-state index contributed by atoms with van der Waals surface area (Å²) in [6, 6.07) is 57.9. The summed E-state index contributed by atoms with van der Waals surface area (Å²) in [5.74, 6) is 0. The monoisotopic (exact) mass is 809 g/mol. The van der Waals surface area contributed by atoms with Gasteiger partial charge in [0.25, 0.3) is 6.71 Å². The van der Waals surface area contributed by atoms with Gasteiger partial charge in [-0.15, -0.1) is 11.3 Å². The Morgan fingerprint density at radius 1 is 0.426 bits per heavy atom. The van der Waals surface area contributed by atoms with Gasteiger partial charge in [0.05, 0.1) is 22.4 Å². The van der Waals surface area contributed by atoms with Crippen molar-refractivity contribution >= 4 is 99.8 Å². The van der Waals surface area contributed by atoms with E-state index in [1.165, 1.54) is 98.4 Å². The van der Waals surface area contributed by atoms with Gasteiger partial charge in [0.15, 0.2) is 0 Å². The molecule has 0 bridgehead atoms. The topological polar surface area (TPSA) is 11.4 Å². The van der Waals surface area contributed by atoms with Crippen LogP contribution in [0.25, 0.3) is 37.6 Å². The summed E-state index contributed by atoms with van der Waals surface area (Å²) in [5.41, 5.74) is 17.7. The number of anilines is 6. The van der Waals surface area contributed by atoms with E-state index in [9.17, 15) is 0 Å². The van der Waals surface area contributed by atoms with Crippen molar-refractivity contribution in [3.63, 3.8) is 0 Å². The number of thiophene rings is 1. The maximum atomic E-state index is 2.60. The lowest BCUT2D eigenvalue weighted by Crippen LogP contribution is -2.60. The Balaban J connectivity index is 1.30. The summed E-state index contributed by atoms with van der Waals surface area (Å²) < 4.78 is 5.21. The molecule has 3 nitrogen and oxygen atoms in total. The largest absolute Gasteiger partial charge is 0.311 e. The number of hydrogen-bond acceptors (Lipinski definition) is 3. The fourth-order valence-corrected chi connectivity index (χ4v) is 11.3. The first-order valence-corrected chi connectivity index (χ1v) is 22.6. The van der Waals surface area contributed by atoms with Gasteiger partial charge in [-0.25, -0.2) is 0 Å². The molecule has 0 N–H and O–H groups in total. The van der Waals surface area contributed by atoms with Crippen molar-refractivity contribution in [1.29, 1.82) is 0 Å². The molecule has 61 heavy (non-hydrogen) atoms. The van der Waals surface area contributed by atoms with Crippen molar-refractivity contribution in [3.05, 3.63) is 168 Å². The van der Waals surface area contributed by atoms with Gasteiger partial charge in [-0.1, -0.05) is 153 Å². The van der Waals surface area contributed by atoms with Gasteiger partial charge in [-0.2, -0.15) is 0 Å². The molecule has 2 aromatic heterocycles. The number of rotatable bonds is 3. The molecule has 0 aliphatic carbocycles. The van der Waals surface area contributed by atoms with Crippen molar-refractivity contribution in [3.8, 4) is 5.69 Å². The second kappa shape index (κ2) is 13.2. The van der Waals surface area contributed by atoms with E-state index in [1.807, 2.05) is 11.3 Å². The molecule has 0 amide bonds. The Hall–Kier alpha value is -6.04. The zero-order valence-electron chi connectivity index (χ0n) is 36.8. The maximum Gasteiger partial charge on any atom is 0.264 e. The standard InChI is InChI=1S/C56H52BN3S/c1-54(2,3)35-22-27-38(28-23-35)58-47-31-26-37(56(7,8)9)32-44(47)57-51-48(58)33-40(59-45-19-13-10-16-41(45)42-17-11-14-20-46(42)59)34-49(51)60(39-29-24-36(25-30-39)55(4,5)6)52-43-18-12-15-21-50(43)61-53(52)57/h10-34H,1-9H3. The summed E-state index contributed by atoms with van der Waals surface area (Å²) in [6.07, 6.45) is 0. The molecule has 0 saturated heterocycles. The Labute approximate surface area is 365 Å². The van der Waals surface area contributed by atoms with Crippen LogP contribution in [0.3, 0.4) is 0 Å². The van der Waals surface area contributed by atoms with E-state index in [4.69, 9.17) is 0 Å². The van der Waals surface area contributed by atoms with Crippen LogP contribution in [0, 0.1) is 0 Å². The predicted octanol–water partition coefficient (Wildman–Crippen LogP) is 14.0. The highest BCUT2D eigenvalue weighted by Gasteiger charge is 2.46. The minimum absolute atomic E-state index is 0.0176. The van der Waals surface area contributed by atoms with Gasteiger partial charge in [0.1, 0.15) is 0 Å². The van der Waals surface area contributed by atoms with Gasteiger partial charge >= 0.3 is 0 Å².